The number of carbonyl (C=O) groups is 1. The van der Waals surface area contributed by atoms with Crippen molar-refractivity contribution in [2.75, 3.05) is 5.73 Å². The third-order valence-electron chi connectivity index (χ3n) is 2.76. The Kier molecular flexibility index (Phi) is 4.83. The summed E-state index contributed by atoms with van der Waals surface area (Å²) in [6.07, 6.45) is 0. The van der Waals surface area contributed by atoms with Crippen LogP contribution in [0.5, 0.6) is 5.75 Å². The summed E-state index contributed by atoms with van der Waals surface area (Å²) >= 11 is 6.71. The van der Waals surface area contributed by atoms with Crippen LogP contribution in [0.3, 0.4) is 0 Å². The van der Waals surface area contributed by atoms with Crippen LogP contribution in [0.1, 0.15) is 22.8 Å². The van der Waals surface area contributed by atoms with Crippen molar-refractivity contribution < 1.29 is 9.53 Å². The van der Waals surface area contributed by atoms with E-state index in [1.165, 1.54) is 6.92 Å². The number of nitrogens with two attached hydrogens (primary N) is 1. The van der Waals surface area contributed by atoms with E-state index < -0.39 is 0 Å². The van der Waals surface area contributed by atoms with Gasteiger partial charge in [-0.3, -0.25) is 4.79 Å². The van der Waals surface area contributed by atoms with Gasteiger partial charge in [0.05, 0.1) is 11.3 Å². The molecule has 0 unspecified atom stereocenters. The fraction of sp³-hybridized carbons (Fsp3) is 0.133. The summed E-state index contributed by atoms with van der Waals surface area (Å²) in [5, 5.41) is 0. The molecule has 0 aromatic heterocycles. The van der Waals surface area contributed by atoms with Crippen molar-refractivity contribution in [3.63, 3.8) is 0 Å². The highest BCUT2D eigenvalue weighted by atomic mass is 79.9. The van der Waals surface area contributed by atoms with Crippen LogP contribution < -0.4 is 10.5 Å². The van der Waals surface area contributed by atoms with Gasteiger partial charge in [0, 0.05) is 8.95 Å². The lowest BCUT2D eigenvalue weighted by atomic mass is 10.1. The number of hydrogen-bond acceptors (Lipinski definition) is 3. The number of rotatable bonds is 4. The van der Waals surface area contributed by atoms with Crippen LogP contribution in [0.4, 0.5) is 5.69 Å². The average molecular weight is 399 g/mol. The first kappa shape index (κ1) is 15.1. The molecule has 0 aliphatic carbocycles. The van der Waals surface area contributed by atoms with Gasteiger partial charge in [-0.15, -0.1) is 0 Å². The molecule has 0 bridgehead atoms. The Labute approximate surface area is 134 Å². The van der Waals surface area contributed by atoms with E-state index in [-0.39, 0.29) is 5.78 Å². The summed E-state index contributed by atoms with van der Waals surface area (Å²) in [7, 11) is 0. The topological polar surface area (TPSA) is 52.3 Å². The summed E-state index contributed by atoms with van der Waals surface area (Å²) in [4.78, 5) is 11.7. The van der Waals surface area contributed by atoms with E-state index in [1.807, 2.05) is 24.3 Å². The number of halogens is 2. The highest BCUT2D eigenvalue weighted by molar-refractivity contribution is 9.10. The Hall–Kier alpha value is -1.33. The minimum absolute atomic E-state index is 0.0798. The molecule has 0 fully saturated rings. The van der Waals surface area contributed by atoms with Gasteiger partial charge in [-0.05, 0) is 36.8 Å². The van der Waals surface area contributed by atoms with Crippen LogP contribution in [0.25, 0.3) is 0 Å². The summed E-state index contributed by atoms with van der Waals surface area (Å²) in [5.41, 5.74) is 7.86. The minimum atomic E-state index is -0.0798. The second kappa shape index (κ2) is 6.41. The Balaban J connectivity index is 2.24. The number of hydrogen-bond donors (Lipinski definition) is 1. The summed E-state index contributed by atoms with van der Waals surface area (Å²) in [5.74, 6) is 0.354. The monoisotopic (exact) mass is 397 g/mol. The van der Waals surface area contributed by atoms with Crippen LogP contribution in [0.15, 0.2) is 45.3 Å². The van der Waals surface area contributed by atoms with E-state index in [9.17, 15) is 4.79 Å². The van der Waals surface area contributed by atoms with Crippen LogP contribution >= 0.6 is 31.9 Å². The predicted molar refractivity (Wildman–Crippen MR) is 87.0 cm³/mol. The minimum Gasteiger partial charge on any atom is -0.486 e. The standard InChI is InChI=1S/C15H13Br2NO2/c1-9(19)13-6-12(17)7-14(18)15(13)20-8-10-2-4-11(16)5-3-10/h2-7H,8,18H2,1H3. The molecule has 3 nitrogen and oxygen atoms in total. The van der Waals surface area contributed by atoms with Crippen molar-refractivity contribution in [1.29, 1.82) is 0 Å². The molecule has 0 atom stereocenters. The zero-order chi connectivity index (χ0) is 14.7. The Morgan fingerprint density at radius 1 is 1.15 bits per heavy atom. The third kappa shape index (κ3) is 3.61. The molecule has 104 valence electrons. The molecule has 2 aromatic rings. The van der Waals surface area contributed by atoms with Gasteiger partial charge in [-0.25, -0.2) is 0 Å². The molecule has 0 radical (unpaired) electrons. The van der Waals surface area contributed by atoms with Gasteiger partial charge in [0.25, 0.3) is 0 Å². The quantitative estimate of drug-likeness (QED) is 0.605. The van der Waals surface area contributed by atoms with E-state index in [0.29, 0.717) is 23.6 Å². The second-order valence-corrected chi connectivity index (χ2v) is 6.17. The summed E-state index contributed by atoms with van der Waals surface area (Å²) in [6, 6.07) is 11.2. The number of ketones is 1. The SMILES string of the molecule is CC(=O)c1cc(Br)cc(N)c1OCc1ccc(Br)cc1. The molecule has 20 heavy (non-hydrogen) atoms. The van der Waals surface area contributed by atoms with Gasteiger partial charge in [0.1, 0.15) is 6.61 Å². The van der Waals surface area contributed by atoms with E-state index in [2.05, 4.69) is 31.9 Å². The molecule has 2 N–H and O–H groups in total. The summed E-state index contributed by atoms with van der Waals surface area (Å²) in [6.45, 7) is 1.85. The first-order valence-corrected chi connectivity index (χ1v) is 7.53. The molecule has 2 aromatic carbocycles. The normalized spacial score (nSPS) is 10.3. The smallest absolute Gasteiger partial charge is 0.163 e. The maximum absolute atomic E-state index is 11.7. The van der Waals surface area contributed by atoms with E-state index in [0.717, 1.165) is 14.5 Å². The van der Waals surface area contributed by atoms with Crippen molar-refractivity contribution in [3.05, 3.63) is 56.5 Å². The molecule has 0 heterocycles. The average Bonchev–Trinajstić information content (AvgIpc) is 2.38. The van der Waals surface area contributed by atoms with E-state index >= 15 is 0 Å². The fourth-order valence-electron chi connectivity index (χ4n) is 1.77. The van der Waals surface area contributed by atoms with Crippen LogP contribution in [-0.4, -0.2) is 5.78 Å². The van der Waals surface area contributed by atoms with Crippen LogP contribution in [0, 0.1) is 0 Å². The Morgan fingerprint density at radius 2 is 1.80 bits per heavy atom. The highest BCUT2D eigenvalue weighted by Gasteiger charge is 2.13. The molecule has 0 amide bonds. The van der Waals surface area contributed by atoms with Crippen molar-refractivity contribution in [2.24, 2.45) is 0 Å². The van der Waals surface area contributed by atoms with Crippen molar-refractivity contribution in [1.82, 2.24) is 0 Å². The molecule has 2 rings (SSSR count). The second-order valence-electron chi connectivity index (χ2n) is 4.34. The molecular weight excluding hydrogens is 386 g/mol. The Morgan fingerprint density at radius 3 is 2.40 bits per heavy atom. The maximum atomic E-state index is 11.7. The lowest BCUT2D eigenvalue weighted by molar-refractivity contribution is 0.101. The summed E-state index contributed by atoms with van der Waals surface area (Å²) < 4.78 is 7.50. The molecular formula is C15H13Br2NO2. The maximum Gasteiger partial charge on any atom is 0.163 e. The first-order chi connectivity index (χ1) is 9.47. The third-order valence-corrected chi connectivity index (χ3v) is 3.74. The van der Waals surface area contributed by atoms with Crippen molar-refractivity contribution in [3.8, 4) is 5.75 Å². The van der Waals surface area contributed by atoms with Crippen LogP contribution in [-0.2, 0) is 6.61 Å². The largest absolute Gasteiger partial charge is 0.486 e. The lowest BCUT2D eigenvalue weighted by Gasteiger charge is -2.13. The molecule has 0 aliphatic heterocycles. The zero-order valence-corrected chi connectivity index (χ0v) is 14.0. The zero-order valence-electron chi connectivity index (χ0n) is 10.8. The number of Topliss-reactive ketones (excluding diaryl/α,β-unsaturated/α-hetero) is 1. The fourth-order valence-corrected chi connectivity index (χ4v) is 2.51. The molecule has 0 spiro atoms. The number of benzene rings is 2. The molecule has 5 heteroatoms. The van der Waals surface area contributed by atoms with E-state index in [4.69, 9.17) is 10.5 Å². The number of nitrogen functional groups attached to an aromatic ring is 1. The highest BCUT2D eigenvalue weighted by Crippen LogP contribution is 2.31. The van der Waals surface area contributed by atoms with Gasteiger partial charge in [0.2, 0.25) is 0 Å². The lowest BCUT2D eigenvalue weighted by Crippen LogP contribution is -2.05. The van der Waals surface area contributed by atoms with Gasteiger partial charge < -0.3 is 10.5 Å². The van der Waals surface area contributed by atoms with Gasteiger partial charge in [-0.1, -0.05) is 44.0 Å². The van der Waals surface area contributed by atoms with Gasteiger partial charge in [-0.2, -0.15) is 0 Å². The van der Waals surface area contributed by atoms with Gasteiger partial charge in [0.15, 0.2) is 11.5 Å². The molecule has 0 saturated carbocycles. The van der Waals surface area contributed by atoms with Gasteiger partial charge >= 0.3 is 0 Å². The molecule has 0 aliphatic rings. The molecule has 0 saturated heterocycles. The van der Waals surface area contributed by atoms with E-state index in [1.54, 1.807) is 12.1 Å². The first-order valence-electron chi connectivity index (χ1n) is 5.94. The number of carbonyl (C=O) groups excluding carboxylic acids is 1. The van der Waals surface area contributed by atoms with Crippen molar-refractivity contribution >= 4 is 43.3 Å². The number of anilines is 1. The predicted octanol–water partition coefficient (Wildman–Crippen LogP) is 4.58. The van der Waals surface area contributed by atoms with Crippen molar-refractivity contribution in [2.45, 2.75) is 13.5 Å². The van der Waals surface area contributed by atoms with Crippen LogP contribution in [0.2, 0.25) is 0 Å². The number of ether oxygens (including phenoxy) is 1. The Bertz CT molecular complexity index is 639.